The van der Waals surface area contributed by atoms with Crippen LogP contribution in [0.15, 0.2) is 45.6 Å². The highest BCUT2D eigenvalue weighted by molar-refractivity contribution is 5.84. The van der Waals surface area contributed by atoms with Gasteiger partial charge < -0.3 is 9.15 Å². The number of para-hydroxylation sites is 1. The van der Waals surface area contributed by atoms with Gasteiger partial charge in [-0.05, 0) is 31.2 Å². The van der Waals surface area contributed by atoms with E-state index in [2.05, 4.69) is 9.97 Å². The van der Waals surface area contributed by atoms with Gasteiger partial charge >= 0.3 is 6.18 Å². The van der Waals surface area contributed by atoms with Crippen molar-refractivity contribution in [1.82, 2.24) is 19.6 Å². The summed E-state index contributed by atoms with van der Waals surface area (Å²) in [4.78, 5) is 21.6. The van der Waals surface area contributed by atoms with Gasteiger partial charge in [0.05, 0.1) is 23.9 Å². The van der Waals surface area contributed by atoms with E-state index in [0.29, 0.717) is 15.8 Å². The Morgan fingerprint density at radius 1 is 1.00 bits per heavy atom. The van der Waals surface area contributed by atoms with Crippen LogP contribution in [-0.4, -0.2) is 26.7 Å². The first-order valence-electron chi connectivity index (χ1n) is 9.72. The van der Waals surface area contributed by atoms with Crippen molar-refractivity contribution < 1.29 is 31.1 Å². The molecule has 3 aromatic heterocycles. The van der Waals surface area contributed by atoms with E-state index in [1.54, 1.807) is 18.2 Å². The molecule has 0 atom stereocenters. The second kappa shape index (κ2) is 7.40. The number of oxazole rings is 1. The number of H-pyrrole nitrogens is 1. The number of rotatable bonds is 3. The predicted molar refractivity (Wildman–Crippen MR) is 110 cm³/mol. The standard InChI is InChI=1S/C22H13F5N4O3/c1-9-14(20-29-17-12(33-2)7-4-8-13(17)34-20)21(32)31-19(28-9)16(18(30-31)22(25,26)27)15-10(23)5-3-6-11(15)24/h3-8,30H,1-2H3. The third kappa shape index (κ3) is 3.13. The SMILES string of the molecule is COc1cccc2oc(-c3c(C)nc4c(-c5c(F)cccc5F)c(C(F)(F)F)[nH]n4c3=O)nc12. The fraction of sp³-hybridized carbons (Fsp3) is 0.136. The zero-order chi connectivity index (χ0) is 24.4. The van der Waals surface area contributed by atoms with Crippen LogP contribution in [-0.2, 0) is 6.18 Å². The average molecular weight is 476 g/mol. The highest BCUT2D eigenvalue weighted by atomic mass is 19.4. The third-order valence-electron chi connectivity index (χ3n) is 5.27. The van der Waals surface area contributed by atoms with Crippen LogP contribution in [0.3, 0.4) is 0 Å². The van der Waals surface area contributed by atoms with Gasteiger partial charge in [-0.25, -0.2) is 18.7 Å². The molecule has 0 spiro atoms. The van der Waals surface area contributed by atoms with Crippen molar-refractivity contribution in [3.05, 3.63) is 69.8 Å². The van der Waals surface area contributed by atoms with Crippen molar-refractivity contribution >= 4 is 16.7 Å². The van der Waals surface area contributed by atoms with E-state index >= 15 is 0 Å². The van der Waals surface area contributed by atoms with Crippen molar-refractivity contribution in [2.75, 3.05) is 7.11 Å². The Bertz CT molecular complexity index is 1630. The van der Waals surface area contributed by atoms with Crippen LogP contribution in [0, 0.1) is 18.6 Å². The number of benzene rings is 2. The number of nitrogens with zero attached hydrogens (tertiary/aromatic N) is 3. The van der Waals surface area contributed by atoms with Crippen LogP contribution in [0.2, 0.25) is 0 Å². The minimum Gasteiger partial charge on any atom is -0.494 e. The van der Waals surface area contributed by atoms with Gasteiger partial charge in [-0.2, -0.15) is 17.7 Å². The van der Waals surface area contributed by atoms with Crippen LogP contribution in [0.5, 0.6) is 5.75 Å². The summed E-state index contributed by atoms with van der Waals surface area (Å²) < 4.78 is 81.8. The van der Waals surface area contributed by atoms with Gasteiger partial charge in [-0.3, -0.25) is 9.89 Å². The minimum atomic E-state index is -5.08. The van der Waals surface area contributed by atoms with Crippen LogP contribution in [0.4, 0.5) is 22.0 Å². The molecule has 0 amide bonds. The second-order valence-corrected chi connectivity index (χ2v) is 7.32. The molecule has 0 saturated carbocycles. The van der Waals surface area contributed by atoms with E-state index in [0.717, 1.165) is 18.2 Å². The number of hydrogen-bond donors (Lipinski definition) is 1. The maximum absolute atomic E-state index is 14.5. The van der Waals surface area contributed by atoms with Crippen LogP contribution >= 0.6 is 0 Å². The smallest absolute Gasteiger partial charge is 0.433 e. The largest absolute Gasteiger partial charge is 0.494 e. The van der Waals surface area contributed by atoms with Gasteiger partial charge in [0, 0.05) is 0 Å². The number of fused-ring (bicyclic) bond motifs is 2. The number of aromatic nitrogens is 4. The minimum absolute atomic E-state index is 0.0544. The number of nitrogens with one attached hydrogen (secondary N) is 1. The molecule has 3 heterocycles. The number of ether oxygens (including phenoxy) is 1. The van der Waals surface area contributed by atoms with E-state index in [1.165, 1.54) is 14.0 Å². The van der Waals surface area contributed by atoms with Crippen molar-refractivity contribution in [2.24, 2.45) is 0 Å². The number of hydrogen-bond acceptors (Lipinski definition) is 5. The molecular formula is C22H13F5N4O3. The maximum atomic E-state index is 14.5. The zero-order valence-electron chi connectivity index (χ0n) is 17.4. The van der Waals surface area contributed by atoms with Gasteiger partial charge in [0.25, 0.3) is 5.56 Å². The first-order valence-corrected chi connectivity index (χ1v) is 9.72. The monoisotopic (exact) mass is 476 g/mol. The van der Waals surface area contributed by atoms with Crippen molar-refractivity contribution in [2.45, 2.75) is 13.1 Å². The first-order chi connectivity index (χ1) is 16.1. The molecule has 5 rings (SSSR count). The molecule has 0 saturated heterocycles. The lowest BCUT2D eigenvalue weighted by molar-refractivity contribution is -0.140. The van der Waals surface area contributed by atoms with E-state index in [1.807, 2.05) is 5.10 Å². The summed E-state index contributed by atoms with van der Waals surface area (Å²) in [7, 11) is 1.41. The number of aryl methyl sites for hydroxylation is 1. The van der Waals surface area contributed by atoms with Gasteiger partial charge in [-0.1, -0.05) is 12.1 Å². The summed E-state index contributed by atoms with van der Waals surface area (Å²) in [6, 6.07) is 7.46. The van der Waals surface area contributed by atoms with Crippen molar-refractivity contribution in [3.8, 4) is 28.3 Å². The predicted octanol–water partition coefficient (Wildman–Crippen LogP) is 5.11. The summed E-state index contributed by atoms with van der Waals surface area (Å²) in [5.74, 6) is -2.33. The van der Waals surface area contributed by atoms with Gasteiger partial charge in [-0.15, -0.1) is 0 Å². The molecular weight excluding hydrogens is 463 g/mol. The summed E-state index contributed by atoms with van der Waals surface area (Å²) in [6.45, 7) is 1.35. The number of alkyl halides is 3. The Morgan fingerprint density at radius 3 is 2.32 bits per heavy atom. The van der Waals surface area contributed by atoms with E-state index < -0.39 is 45.8 Å². The fourth-order valence-electron chi connectivity index (χ4n) is 3.80. The van der Waals surface area contributed by atoms with Crippen LogP contribution in [0.25, 0.3) is 39.3 Å². The van der Waals surface area contributed by atoms with Gasteiger partial charge in [0.2, 0.25) is 5.89 Å². The fourth-order valence-corrected chi connectivity index (χ4v) is 3.80. The molecule has 0 unspecified atom stereocenters. The number of aromatic amines is 1. The molecule has 0 bridgehead atoms. The summed E-state index contributed by atoms with van der Waals surface area (Å²) in [6.07, 6.45) is -5.08. The molecule has 0 fully saturated rings. The highest BCUT2D eigenvalue weighted by Gasteiger charge is 2.40. The molecule has 0 aliphatic carbocycles. The van der Waals surface area contributed by atoms with E-state index in [4.69, 9.17) is 9.15 Å². The maximum Gasteiger partial charge on any atom is 0.433 e. The molecule has 174 valence electrons. The number of methoxy groups -OCH3 is 1. The number of halogens is 5. The van der Waals surface area contributed by atoms with Gasteiger partial charge in [0.15, 0.2) is 16.7 Å². The van der Waals surface area contributed by atoms with E-state index in [-0.39, 0.29) is 22.7 Å². The molecule has 7 nitrogen and oxygen atoms in total. The molecule has 34 heavy (non-hydrogen) atoms. The Labute approximate surface area is 186 Å². The Balaban J connectivity index is 1.86. The normalized spacial score (nSPS) is 12.1. The van der Waals surface area contributed by atoms with Gasteiger partial charge in [0.1, 0.15) is 28.6 Å². The first kappa shape index (κ1) is 21.6. The molecule has 0 radical (unpaired) electrons. The molecule has 12 heteroatoms. The second-order valence-electron chi connectivity index (χ2n) is 7.32. The Hall–Kier alpha value is -4.22. The zero-order valence-corrected chi connectivity index (χ0v) is 17.4. The Morgan fingerprint density at radius 2 is 1.68 bits per heavy atom. The molecule has 2 aromatic carbocycles. The lowest BCUT2D eigenvalue weighted by atomic mass is 10.0. The molecule has 0 aliphatic heterocycles. The topological polar surface area (TPSA) is 85.4 Å². The average Bonchev–Trinajstić information content (AvgIpc) is 3.35. The molecule has 0 aliphatic rings. The molecule has 1 N–H and O–H groups in total. The van der Waals surface area contributed by atoms with Crippen LogP contribution in [0.1, 0.15) is 11.4 Å². The quantitative estimate of drug-likeness (QED) is 0.366. The Kier molecular flexibility index (Phi) is 4.71. The lowest BCUT2D eigenvalue weighted by Crippen LogP contribution is -2.20. The van der Waals surface area contributed by atoms with E-state index in [9.17, 15) is 26.7 Å². The van der Waals surface area contributed by atoms with Crippen molar-refractivity contribution in [1.29, 1.82) is 0 Å². The summed E-state index contributed by atoms with van der Waals surface area (Å²) in [5, 5.41) is 1.91. The molecule has 5 aromatic rings. The highest BCUT2D eigenvalue weighted by Crippen LogP contribution is 2.40. The summed E-state index contributed by atoms with van der Waals surface area (Å²) >= 11 is 0. The summed E-state index contributed by atoms with van der Waals surface area (Å²) in [5.41, 5.74) is -4.73. The lowest BCUT2D eigenvalue weighted by Gasteiger charge is -2.09. The third-order valence-corrected chi connectivity index (χ3v) is 5.27. The van der Waals surface area contributed by atoms with Crippen molar-refractivity contribution in [3.63, 3.8) is 0 Å². The van der Waals surface area contributed by atoms with Crippen LogP contribution < -0.4 is 10.3 Å².